The van der Waals surface area contributed by atoms with Crippen LogP contribution in [0.25, 0.3) is 0 Å². The van der Waals surface area contributed by atoms with E-state index in [4.69, 9.17) is 5.73 Å². The second-order valence-electron chi connectivity index (χ2n) is 3.33. The molecule has 0 saturated heterocycles. The van der Waals surface area contributed by atoms with Crippen LogP contribution in [0.15, 0.2) is 11.2 Å². The Labute approximate surface area is 105 Å². The fourth-order valence-corrected chi connectivity index (χ4v) is 2.19. The lowest BCUT2D eigenvalue weighted by atomic mass is 10.5. The molecule has 0 amide bonds. The molecule has 0 saturated carbocycles. The number of anilines is 2. The molecule has 0 aliphatic heterocycles. The van der Waals surface area contributed by atoms with E-state index >= 15 is 0 Å². The van der Waals surface area contributed by atoms with E-state index in [9.17, 15) is 8.42 Å². The van der Waals surface area contributed by atoms with Crippen molar-refractivity contribution in [2.24, 2.45) is 0 Å². The van der Waals surface area contributed by atoms with E-state index in [1.165, 1.54) is 11.8 Å². The minimum Gasteiger partial charge on any atom is -0.383 e. The Morgan fingerprint density at radius 1 is 1.47 bits per heavy atom. The summed E-state index contributed by atoms with van der Waals surface area (Å²) in [6, 6.07) is 1.58. The summed E-state index contributed by atoms with van der Waals surface area (Å²) in [6.07, 6.45) is 1.85. The molecule has 0 bridgehead atoms. The normalized spacial score (nSPS) is 11.4. The van der Waals surface area contributed by atoms with Crippen molar-refractivity contribution in [2.75, 3.05) is 35.4 Å². The number of nitrogens with one attached hydrogen (secondary N) is 1. The van der Waals surface area contributed by atoms with Crippen LogP contribution < -0.4 is 11.1 Å². The first-order valence-electron chi connectivity index (χ1n) is 5.09. The number of rotatable bonds is 6. The highest BCUT2D eigenvalue weighted by atomic mass is 32.2. The summed E-state index contributed by atoms with van der Waals surface area (Å²) in [5.74, 6) is 1.15. The summed E-state index contributed by atoms with van der Waals surface area (Å²) < 4.78 is 22.6. The van der Waals surface area contributed by atoms with Crippen molar-refractivity contribution >= 4 is 33.2 Å². The smallest absolute Gasteiger partial charge is 0.191 e. The summed E-state index contributed by atoms with van der Waals surface area (Å²) >= 11 is 1.38. The second kappa shape index (κ2) is 6.06. The highest BCUT2D eigenvalue weighted by molar-refractivity contribution is 7.98. The van der Waals surface area contributed by atoms with Gasteiger partial charge in [-0.15, -0.1) is 0 Å². The molecule has 0 unspecified atom stereocenters. The molecule has 0 radical (unpaired) electrons. The molecule has 0 fully saturated rings. The number of sulfone groups is 1. The third kappa shape index (κ3) is 4.78. The summed E-state index contributed by atoms with van der Waals surface area (Å²) in [7, 11) is -2.96. The van der Waals surface area contributed by atoms with Crippen LogP contribution in [0, 0.1) is 0 Å². The summed E-state index contributed by atoms with van der Waals surface area (Å²) in [5.41, 5.74) is 5.60. The molecule has 1 rings (SSSR count). The Balaban J connectivity index is 2.61. The van der Waals surface area contributed by atoms with Crippen molar-refractivity contribution in [3.8, 4) is 0 Å². The Kier molecular flexibility index (Phi) is 5.01. The van der Waals surface area contributed by atoms with Crippen molar-refractivity contribution in [3.05, 3.63) is 6.07 Å². The van der Waals surface area contributed by atoms with Gasteiger partial charge >= 0.3 is 0 Å². The lowest BCUT2D eigenvalue weighted by Crippen LogP contribution is -2.17. The monoisotopic (exact) mass is 276 g/mol. The van der Waals surface area contributed by atoms with E-state index < -0.39 is 9.84 Å². The number of nitrogens with zero attached hydrogens (tertiary/aromatic N) is 2. The maximum absolute atomic E-state index is 11.3. The molecule has 1 heterocycles. The van der Waals surface area contributed by atoms with E-state index in [1.807, 2.05) is 6.26 Å². The Hall–Kier alpha value is -1.02. The van der Waals surface area contributed by atoms with Gasteiger partial charge in [0.25, 0.3) is 0 Å². The molecule has 17 heavy (non-hydrogen) atoms. The molecular weight excluding hydrogens is 260 g/mol. The molecule has 8 heteroatoms. The zero-order valence-electron chi connectivity index (χ0n) is 9.80. The summed E-state index contributed by atoms with van der Waals surface area (Å²) in [6.45, 7) is 1.95. The van der Waals surface area contributed by atoms with Crippen molar-refractivity contribution in [2.45, 2.75) is 12.1 Å². The van der Waals surface area contributed by atoms with Crippen molar-refractivity contribution in [1.82, 2.24) is 9.97 Å². The number of nitrogens with two attached hydrogens (primary N) is 1. The SMILES string of the molecule is CCS(=O)(=O)CCNc1cc(N)nc(SC)n1. The molecule has 3 N–H and O–H groups in total. The fraction of sp³-hybridized carbons (Fsp3) is 0.556. The standard InChI is InChI=1S/C9H16N4O2S2/c1-3-17(14,15)5-4-11-8-6-7(10)12-9(13-8)16-2/h6H,3-5H2,1-2H3,(H3,10,11,12,13). The van der Waals surface area contributed by atoms with Gasteiger partial charge in [-0.25, -0.2) is 18.4 Å². The van der Waals surface area contributed by atoms with Crippen LogP contribution >= 0.6 is 11.8 Å². The lowest BCUT2D eigenvalue weighted by molar-refractivity contribution is 0.597. The van der Waals surface area contributed by atoms with Gasteiger partial charge in [0.15, 0.2) is 15.0 Å². The highest BCUT2D eigenvalue weighted by Crippen LogP contribution is 2.14. The zero-order chi connectivity index (χ0) is 12.9. The molecule has 0 aliphatic rings. The van der Waals surface area contributed by atoms with Gasteiger partial charge in [0.2, 0.25) is 0 Å². The van der Waals surface area contributed by atoms with Crippen LogP contribution in [0.1, 0.15) is 6.92 Å². The quantitative estimate of drug-likeness (QED) is 0.580. The van der Waals surface area contributed by atoms with E-state index in [0.717, 1.165) is 0 Å². The van der Waals surface area contributed by atoms with Gasteiger partial charge in [0, 0.05) is 18.4 Å². The molecule has 0 spiro atoms. The predicted molar refractivity (Wildman–Crippen MR) is 71.0 cm³/mol. The summed E-state index contributed by atoms with van der Waals surface area (Å²) in [4.78, 5) is 8.16. The van der Waals surface area contributed by atoms with Gasteiger partial charge in [-0.05, 0) is 6.26 Å². The van der Waals surface area contributed by atoms with E-state index in [1.54, 1.807) is 13.0 Å². The average Bonchev–Trinajstić information content (AvgIpc) is 2.28. The van der Waals surface area contributed by atoms with Crippen LogP contribution in [0.3, 0.4) is 0 Å². The predicted octanol–water partition coefficient (Wildman–Crippen LogP) is 0.627. The van der Waals surface area contributed by atoms with Gasteiger partial charge in [0.05, 0.1) is 5.75 Å². The first kappa shape index (κ1) is 14.0. The largest absolute Gasteiger partial charge is 0.383 e. The van der Waals surface area contributed by atoms with Gasteiger partial charge in [-0.3, -0.25) is 0 Å². The molecule has 0 aromatic carbocycles. The highest BCUT2D eigenvalue weighted by Gasteiger charge is 2.07. The average molecular weight is 276 g/mol. The third-order valence-electron chi connectivity index (χ3n) is 2.07. The first-order valence-corrected chi connectivity index (χ1v) is 8.14. The van der Waals surface area contributed by atoms with Crippen molar-refractivity contribution in [1.29, 1.82) is 0 Å². The van der Waals surface area contributed by atoms with Crippen LogP contribution in [0.5, 0.6) is 0 Å². The number of nitrogen functional groups attached to an aromatic ring is 1. The molecule has 1 aromatic rings. The number of hydrogen-bond acceptors (Lipinski definition) is 7. The fourth-order valence-electron chi connectivity index (χ4n) is 1.10. The van der Waals surface area contributed by atoms with Crippen LogP contribution in [0.2, 0.25) is 0 Å². The second-order valence-corrected chi connectivity index (χ2v) is 6.57. The minimum absolute atomic E-state index is 0.0853. The molecule has 96 valence electrons. The van der Waals surface area contributed by atoms with Gasteiger partial charge < -0.3 is 11.1 Å². The number of thioether (sulfide) groups is 1. The van der Waals surface area contributed by atoms with E-state index in [2.05, 4.69) is 15.3 Å². The van der Waals surface area contributed by atoms with Crippen molar-refractivity contribution < 1.29 is 8.42 Å². The Morgan fingerprint density at radius 3 is 2.76 bits per heavy atom. The Bertz CT molecular complexity index is 476. The van der Waals surface area contributed by atoms with Gasteiger partial charge in [0.1, 0.15) is 11.6 Å². The molecule has 0 atom stereocenters. The third-order valence-corrected chi connectivity index (χ3v) is 4.32. The molecule has 1 aromatic heterocycles. The number of hydrogen-bond donors (Lipinski definition) is 2. The van der Waals surface area contributed by atoms with Crippen LogP contribution in [-0.2, 0) is 9.84 Å². The number of aromatic nitrogens is 2. The van der Waals surface area contributed by atoms with Crippen LogP contribution in [-0.4, -0.2) is 42.7 Å². The first-order chi connectivity index (χ1) is 7.96. The van der Waals surface area contributed by atoms with Gasteiger partial charge in [-0.1, -0.05) is 18.7 Å². The van der Waals surface area contributed by atoms with Gasteiger partial charge in [-0.2, -0.15) is 0 Å². The minimum atomic E-state index is -2.96. The molecule has 6 nitrogen and oxygen atoms in total. The van der Waals surface area contributed by atoms with E-state index in [-0.39, 0.29) is 11.5 Å². The van der Waals surface area contributed by atoms with E-state index in [0.29, 0.717) is 23.3 Å². The Morgan fingerprint density at radius 2 is 2.18 bits per heavy atom. The van der Waals surface area contributed by atoms with Crippen LogP contribution in [0.4, 0.5) is 11.6 Å². The maximum atomic E-state index is 11.3. The summed E-state index contributed by atoms with van der Waals surface area (Å²) in [5, 5.41) is 3.49. The molecule has 0 aliphatic carbocycles. The maximum Gasteiger partial charge on any atom is 0.191 e. The lowest BCUT2D eigenvalue weighted by Gasteiger charge is -2.07. The van der Waals surface area contributed by atoms with Crippen molar-refractivity contribution in [3.63, 3.8) is 0 Å². The zero-order valence-corrected chi connectivity index (χ0v) is 11.4. The molecular formula is C9H16N4O2S2. The topological polar surface area (TPSA) is 98.0 Å².